The Kier molecular flexibility index (Phi) is 4.75. The third kappa shape index (κ3) is 3.65. The molecule has 1 atom stereocenters. The lowest BCUT2D eigenvalue weighted by Gasteiger charge is -2.16. The summed E-state index contributed by atoms with van der Waals surface area (Å²) >= 11 is 0. The fourth-order valence-corrected chi connectivity index (χ4v) is 3.76. The van der Waals surface area contributed by atoms with Crippen LogP contribution < -0.4 is 0 Å². The number of hydrogen-bond donors (Lipinski definition) is 0. The number of likely N-dealkylation sites (tertiary alicyclic amines) is 1. The van der Waals surface area contributed by atoms with Gasteiger partial charge in [0.2, 0.25) is 0 Å². The van der Waals surface area contributed by atoms with Crippen molar-refractivity contribution in [1.82, 2.24) is 25.0 Å². The summed E-state index contributed by atoms with van der Waals surface area (Å²) in [4.78, 5) is 15.5. The molecule has 0 unspecified atom stereocenters. The van der Waals surface area contributed by atoms with Crippen molar-refractivity contribution in [3.05, 3.63) is 59.6 Å². The van der Waals surface area contributed by atoms with Gasteiger partial charge >= 0.3 is 0 Å². The van der Waals surface area contributed by atoms with Gasteiger partial charge in [0.25, 0.3) is 0 Å². The maximum Gasteiger partial charge on any atom is 0.143 e. The van der Waals surface area contributed by atoms with Crippen LogP contribution in [0.5, 0.6) is 0 Å². The quantitative estimate of drug-likeness (QED) is 0.704. The smallest absolute Gasteiger partial charge is 0.143 e. The Labute approximate surface area is 153 Å². The van der Waals surface area contributed by atoms with Crippen LogP contribution in [-0.2, 0) is 13.0 Å². The van der Waals surface area contributed by atoms with Gasteiger partial charge in [-0.15, -0.1) is 0 Å². The van der Waals surface area contributed by atoms with Crippen LogP contribution in [0.4, 0.5) is 0 Å². The minimum atomic E-state index is 0.629. The molecule has 4 heterocycles. The van der Waals surface area contributed by atoms with E-state index in [0.29, 0.717) is 5.92 Å². The molecule has 0 saturated carbocycles. The van der Waals surface area contributed by atoms with Crippen molar-refractivity contribution in [2.24, 2.45) is 5.92 Å². The van der Waals surface area contributed by atoms with Crippen LogP contribution in [0.2, 0.25) is 0 Å². The van der Waals surface area contributed by atoms with Gasteiger partial charge < -0.3 is 4.52 Å². The van der Waals surface area contributed by atoms with E-state index in [1.165, 1.54) is 12.0 Å². The van der Waals surface area contributed by atoms with Gasteiger partial charge in [0.15, 0.2) is 0 Å². The van der Waals surface area contributed by atoms with Gasteiger partial charge in [0.1, 0.15) is 12.1 Å². The molecule has 0 bridgehead atoms. The van der Waals surface area contributed by atoms with Gasteiger partial charge in [0.05, 0.1) is 17.0 Å². The Bertz CT molecular complexity index is 857. The number of pyridine rings is 1. The maximum absolute atomic E-state index is 5.27. The van der Waals surface area contributed by atoms with E-state index in [1.807, 2.05) is 26.2 Å². The van der Waals surface area contributed by atoms with Crippen molar-refractivity contribution in [2.45, 2.75) is 33.2 Å². The van der Waals surface area contributed by atoms with Crippen molar-refractivity contribution in [2.75, 3.05) is 13.1 Å². The summed E-state index contributed by atoms with van der Waals surface area (Å²) in [6, 6.07) is 6.26. The zero-order valence-corrected chi connectivity index (χ0v) is 15.2. The minimum Gasteiger partial charge on any atom is -0.361 e. The molecule has 0 aromatic carbocycles. The molecule has 0 aliphatic carbocycles. The number of aromatic nitrogens is 4. The summed E-state index contributed by atoms with van der Waals surface area (Å²) in [5.74, 6) is 1.43. The normalized spacial score (nSPS) is 17.7. The summed E-state index contributed by atoms with van der Waals surface area (Å²) in [7, 11) is 0. The van der Waals surface area contributed by atoms with Crippen LogP contribution in [-0.4, -0.2) is 38.1 Å². The van der Waals surface area contributed by atoms with E-state index < -0.39 is 0 Å². The molecule has 1 aliphatic heterocycles. The largest absolute Gasteiger partial charge is 0.361 e. The Balaban J connectivity index is 1.41. The number of hydrogen-bond acceptors (Lipinski definition) is 6. The van der Waals surface area contributed by atoms with E-state index in [2.05, 4.69) is 43.2 Å². The number of rotatable bonds is 5. The fourth-order valence-electron chi connectivity index (χ4n) is 3.76. The monoisotopic (exact) mass is 349 g/mol. The highest BCUT2D eigenvalue weighted by Crippen LogP contribution is 2.27. The molecule has 1 fully saturated rings. The van der Waals surface area contributed by atoms with Gasteiger partial charge in [-0.25, -0.2) is 9.97 Å². The average molecular weight is 349 g/mol. The second-order valence-corrected chi connectivity index (χ2v) is 7.04. The van der Waals surface area contributed by atoms with Gasteiger partial charge in [-0.1, -0.05) is 5.16 Å². The average Bonchev–Trinajstić information content (AvgIpc) is 3.22. The minimum absolute atomic E-state index is 0.629. The van der Waals surface area contributed by atoms with E-state index in [1.54, 1.807) is 6.33 Å². The van der Waals surface area contributed by atoms with Crippen LogP contribution >= 0.6 is 0 Å². The van der Waals surface area contributed by atoms with Crippen molar-refractivity contribution in [3.8, 4) is 11.3 Å². The van der Waals surface area contributed by atoms with Crippen LogP contribution in [0, 0.1) is 19.8 Å². The first kappa shape index (κ1) is 16.8. The van der Waals surface area contributed by atoms with Crippen LogP contribution in [0.3, 0.4) is 0 Å². The highest BCUT2D eigenvalue weighted by atomic mass is 16.5. The Hall–Kier alpha value is -2.60. The first-order valence-electron chi connectivity index (χ1n) is 9.04. The predicted octanol–water partition coefficient (Wildman–Crippen LogP) is 3.21. The summed E-state index contributed by atoms with van der Waals surface area (Å²) in [5.41, 5.74) is 5.17. The third-order valence-corrected chi connectivity index (χ3v) is 5.04. The van der Waals surface area contributed by atoms with Crippen molar-refractivity contribution in [3.63, 3.8) is 0 Å². The molecule has 4 rings (SSSR count). The standard InChI is InChI=1S/C20H23N5O/c1-14-20(15(2)26-24-14)19-10-18(22-13-23-19)9-17-5-8-25(12-17)11-16-3-6-21-7-4-16/h3-4,6-7,10,13,17H,5,8-9,11-12H2,1-2H3/t17-/m1/s1. The zero-order valence-electron chi connectivity index (χ0n) is 15.2. The molecule has 0 N–H and O–H groups in total. The number of aryl methyl sites for hydroxylation is 2. The predicted molar refractivity (Wildman–Crippen MR) is 98.3 cm³/mol. The second kappa shape index (κ2) is 7.33. The lowest BCUT2D eigenvalue weighted by molar-refractivity contribution is 0.316. The Morgan fingerprint density at radius 2 is 2.04 bits per heavy atom. The molecule has 6 heteroatoms. The summed E-state index contributed by atoms with van der Waals surface area (Å²) in [6.45, 7) is 7.10. The van der Waals surface area contributed by atoms with Gasteiger partial charge in [-0.3, -0.25) is 9.88 Å². The molecule has 3 aromatic rings. The molecule has 1 saturated heterocycles. The topological polar surface area (TPSA) is 67.9 Å². The van der Waals surface area contributed by atoms with E-state index in [4.69, 9.17) is 4.52 Å². The first-order chi connectivity index (χ1) is 12.7. The highest BCUT2D eigenvalue weighted by molar-refractivity contribution is 5.63. The molecule has 1 aliphatic rings. The molecule has 6 nitrogen and oxygen atoms in total. The van der Waals surface area contributed by atoms with Gasteiger partial charge in [0, 0.05) is 31.2 Å². The zero-order chi connectivity index (χ0) is 17.9. The molecule has 134 valence electrons. The fraction of sp³-hybridized carbons (Fsp3) is 0.400. The van der Waals surface area contributed by atoms with Gasteiger partial charge in [-0.2, -0.15) is 0 Å². The first-order valence-corrected chi connectivity index (χ1v) is 9.04. The van der Waals surface area contributed by atoms with E-state index in [9.17, 15) is 0 Å². The van der Waals surface area contributed by atoms with Crippen LogP contribution in [0.1, 0.15) is 29.1 Å². The number of nitrogens with zero attached hydrogens (tertiary/aromatic N) is 5. The molecule has 0 spiro atoms. The van der Waals surface area contributed by atoms with Crippen LogP contribution in [0.15, 0.2) is 41.4 Å². The van der Waals surface area contributed by atoms with Crippen LogP contribution in [0.25, 0.3) is 11.3 Å². The molecular formula is C20H23N5O. The van der Waals surface area contributed by atoms with Crippen molar-refractivity contribution < 1.29 is 4.52 Å². The summed E-state index contributed by atoms with van der Waals surface area (Å²) in [5, 5.41) is 4.03. The third-order valence-electron chi connectivity index (χ3n) is 5.04. The molecular weight excluding hydrogens is 326 g/mol. The SMILES string of the molecule is Cc1noc(C)c1-c1cc(C[C@H]2CCN(Cc3ccncc3)C2)ncn1. The Morgan fingerprint density at radius 1 is 1.19 bits per heavy atom. The molecule has 26 heavy (non-hydrogen) atoms. The van der Waals surface area contributed by atoms with E-state index in [-0.39, 0.29) is 0 Å². The van der Waals surface area contributed by atoms with Crippen molar-refractivity contribution >= 4 is 0 Å². The molecule has 0 amide bonds. The summed E-state index contributed by atoms with van der Waals surface area (Å²) < 4.78 is 5.27. The lowest BCUT2D eigenvalue weighted by Crippen LogP contribution is -2.20. The van der Waals surface area contributed by atoms with E-state index in [0.717, 1.165) is 54.5 Å². The van der Waals surface area contributed by atoms with Crippen molar-refractivity contribution in [1.29, 1.82) is 0 Å². The summed E-state index contributed by atoms with van der Waals surface area (Å²) in [6.07, 6.45) is 7.56. The molecule has 0 radical (unpaired) electrons. The maximum atomic E-state index is 5.27. The Morgan fingerprint density at radius 3 is 2.81 bits per heavy atom. The van der Waals surface area contributed by atoms with E-state index >= 15 is 0 Å². The lowest BCUT2D eigenvalue weighted by atomic mass is 10.0. The second-order valence-electron chi connectivity index (χ2n) is 7.04. The van der Waals surface area contributed by atoms with Gasteiger partial charge in [-0.05, 0) is 62.9 Å². The molecule has 3 aromatic heterocycles. The highest BCUT2D eigenvalue weighted by Gasteiger charge is 2.23.